The third kappa shape index (κ3) is 5.30. The molecule has 1 saturated heterocycles. The van der Waals surface area contributed by atoms with Crippen LogP contribution in [0.5, 0.6) is 0 Å². The fourth-order valence-electron chi connectivity index (χ4n) is 2.85. The highest BCUT2D eigenvalue weighted by molar-refractivity contribution is 7.89. The minimum absolute atomic E-state index is 0. The Morgan fingerprint density at radius 2 is 2.04 bits per heavy atom. The summed E-state index contributed by atoms with van der Waals surface area (Å²) in [6.45, 7) is 2.58. The first-order valence-electron chi connectivity index (χ1n) is 7.51. The quantitative estimate of drug-likeness (QED) is 0.767. The van der Waals surface area contributed by atoms with E-state index in [0.29, 0.717) is 12.7 Å². The maximum absolute atomic E-state index is 12.8. The normalized spacial score (nSPS) is 21.2. The number of hydrogen-bond acceptors (Lipinski definition) is 4. The molecule has 2 N–H and O–H groups in total. The minimum atomic E-state index is -4.59. The summed E-state index contributed by atoms with van der Waals surface area (Å²) in [6, 6.07) is 2.71. The van der Waals surface area contributed by atoms with Gasteiger partial charge in [-0.15, -0.1) is 12.4 Å². The number of methoxy groups -OCH3 is 1. The Labute approximate surface area is 151 Å². The zero-order chi connectivity index (χ0) is 18.0. The summed E-state index contributed by atoms with van der Waals surface area (Å²) in [5, 5.41) is 3.21. The zero-order valence-electron chi connectivity index (χ0n) is 13.9. The molecule has 2 rings (SSSR count). The molecule has 1 aromatic rings. The molecule has 1 aliphatic rings. The van der Waals surface area contributed by atoms with E-state index >= 15 is 0 Å². The van der Waals surface area contributed by atoms with Gasteiger partial charge in [0.15, 0.2) is 0 Å². The van der Waals surface area contributed by atoms with Crippen LogP contribution < -0.4 is 10.0 Å². The van der Waals surface area contributed by atoms with Crippen molar-refractivity contribution >= 4 is 22.4 Å². The maximum Gasteiger partial charge on any atom is 0.416 e. The fraction of sp³-hybridized carbons (Fsp3) is 0.600. The largest absolute Gasteiger partial charge is 0.416 e. The van der Waals surface area contributed by atoms with E-state index in [1.54, 1.807) is 0 Å². The van der Waals surface area contributed by atoms with E-state index in [0.717, 1.165) is 31.5 Å². The summed E-state index contributed by atoms with van der Waals surface area (Å²) in [5.41, 5.74) is -1.26. The van der Waals surface area contributed by atoms with Crippen LogP contribution in [0.4, 0.5) is 13.2 Å². The fourth-order valence-corrected chi connectivity index (χ4v) is 4.24. The molecular formula is C15H22ClF3N2O3S. The molecule has 1 unspecified atom stereocenters. The minimum Gasteiger partial charge on any atom is -0.383 e. The van der Waals surface area contributed by atoms with Crippen LogP contribution in [0.15, 0.2) is 23.1 Å². The van der Waals surface area contributed by atoms with Gasteiger partial charge in [-0.25, -0.2) is 13.1 Å². The van der Waals surface area contributed by atoms with Gasteiger partial charge in [-0.3, -0.25) is 0 Å². The highest BCUT2D eigenvalue weighted by Crippen LogP contribution is 2.31. The highest BCUT2D eigenvalue weighted by Gasteiger charge is 2.36. The second-order valence-corrected chi connectivity index (χ2v) is 7.78. The molecule has 1 aromatic carbocycles. The van der Waals surface area contributed by atoms with Crippen molar-refractivity contribution in [1.29, 1.82) is 0 Å². The van der Waals surface area contributed by atoms with Crippen LogP contribution >= 0.6 is 12.4 Å². The van der Waals surface area contributed by atoms with Crippen molar-refractivity contribution in [3.8, 4) is 0 Å². The number of ether oxygens (including phenoxy) is 1. The van der Waals surface area contributed by atoms with E-state index in [4.69, 9.17) is 4.74 Å². The number of benzene rings is 1. The summed E-state index contributed by atoms with van der Waals surface area (Å²) < 4.78 is 71.1. The first-order chi connectivity index (χ1) is 11.1. The summed E-state index contributed by atoms with van der Waals surface area (Å²) in [6.07, 6.45) is -2.99. The summed E-state index contributed by atoms with van der Waals surface area (Å²) in [7, 11) is -2.54. The van der Waals surface area contributed by atoms with Crippen LogP contribution in [0.3, 0.4) is 0 Å². The molecule has 0 aromatic heterocycles. The van der Waals surface area contributed by atoms with Crippen LogP contribution in [0.1, 0.15) is 24.0 Å². The lowest BCUT2D eigenvalue weighted by molar-refractivity contribution is -0.137. The number of aryl methyl sites for hydroxylation is 1. The van der Waals surface area contributed by atoms with Crippen molar-refractivity contribution in [3.05, 3.63) is 29.3 Å². The smallest absolute Gasteiger partial charge is 0.383 e. The third-order valence-corrected chi connectivity index (χ3v) is 5.70. The van der Waals surface area contributed by atoms with Crippen molar-refractivity contribution in [1.82, 2.24) is 10.0 Å². The predicted octanol–water partition coefficient (Wildman–Crippen LogP) is 2.48. The lowest BCUT2D eigenvalue weighted by atomic mass is 9.99. The Balaban J connectivity index is 0.00000312. The Hall–Kier alpha value is -0.870. The van der Waals surface area contributed by atoms with Gasteiger partial charge in [0.1, 0.15) is 0 Å². The molecule has 0 saturated carbocycles. The van der Waals surface area contributed by atoms with Crippen molar-refractivity contribution in [2.45, 2.75) is 36.4 Å². The first-order valence-corrected chi connectivity index (χ1v) is 8.99. The second kappa shape index (κ2) is 8.22. The monoisotopic (exact) mass is 402 g/mol. The van der Waals surface area contributed by atoms with Crippen LogP contribution in [-0.2, 0) is 20.9 Å². The summed E-state index contributed by atoms with van der Waals surface area (Å²) >= 11 is 0. The summed E-state index contributed by atoms with van der Waals surface area (Å²) in [4.78, 5) is -0.358. The standard InChI is InChI=1S/C15H21F3N2O3S.ClH/c1-11-4-5-12(15(16,17)18)8-13(11)24(21,22)20-9-14(10-23-2)6-3-7-19-14;/h4-5,8,19-20H,3,6-7,9-10H2,1-2H3;1H. The number of halogens is 4. The predicted molar refractivity (Wildman–Crippen MR) is 90.5 cm³/mol. The Morgan fingerprint density at radius 3 is 2.56 bits per heavy atom. The van der Waals surface area contributed by atoms with Gasteiger partial charge >= 0.3 is 6.18 Å². The molecule has 1 heterocycles. The van der Waals surface area contributed by atoms with E-state index in [1.807, 2.05) is 0 Å². The molecule has 0 bridgehead atoms. The molecule has 144 valence electrons. The van der Waals surface area contributed by atoms with E-state index in [-0.39, 0.29) is 29.4 Å². The van der Waals surface area contributed by atoms with Gasteiger partial charge in [-0.1, -0.05) is 6.07 Å². The molecule has 0 spiro atoms. The van der Waals surface area contributed by atoms with Gasteiger partial charge in [0.2, 0.25) is 10.0 Å². The Bertz CT molecular complexity index is 690. The Morgan fingerprint density at radius 1 is 1.36 bits per heavy atom. The zero-order valence-corrected chi connectivity index (χ0v) is 15.6. The summed E-state index contributed by atoms with van der Waals surface area (Å²) in [5.74, 6) is 0. The lowest BCUT2D eigenvalue weighted by Crippen LogP contribution is -2.52. The molecule has 1 aliphatic heterocycles. The van der Waals surface area contributed by atoms with Gasteiger partial charge in [0, 0.05) is 13.7 Å². The first kappa shape index (κ1) is 22.2. The average molecular weight is 403 g/mol. The van der Waals surface area contributed by atoms with Crippen molar-refractivity contribution in [2.24, 2.45) is 0 Å². The topological polar surface area (TPSA) is 67.4 Å². The van der Waals surface area contributed by atoms with Gasteiger partial charge in [0.25, 0.3) is 0 Å². The SMILES string of the molecule is COCC1(CNS(=O)(=O)c2cc(C(F)(F)F)ccc2C)CCCN1.Cl. The molecule has 25 heavy (non-hydrogen) atoms. The molecule has 0 amide bonds. The number of sulfonamides is 1. The van der Waals surface area contributed by atoms with Crippen molar-refractivity contribution in [2.75, 3.05) is 26.8 Å². The van der Waals surface area contributed by atoms with Gasteiger partial charge in [-0.05, 0) is 44.0 Å². The number of nitrogens with one attached hydrogen (secondary N) is 2. The van der Waals surface area contributed by atoms with E-state index < -0.39 is 27.3 Å². The van der Waals surface area contributed by atoms with Crippen LogP contribution in [0, 0.1) is 6.92 Å². The molecule has 1 fully saturated rings. The van der Waals surface area contributed by atoms with Crippen molar-refractivity contribution < 1.29 is 26.3 Å². The number of hydrogen-bond donors (Lipinski definition) is 2. The van der Waals surface area contributed by atoms with E-state index in [2.05, 4.69) is 10.0 Å². The second-order valence-electron chi connectivity index (χ2n) is 6.05. The molecule has 0 aliphatic carbocycles. The molecule has 1 atom stereocenters. The lowest BCUT2D eigenvalue weighted by Gasteiger charge is -2.29. The average Bonchev–Trinajstić information content (AvgIpc) is 2.94. The van der Waals surface area contributed by atoms with E-state index in [1.165, 1.54) is 14.0 Å². The van der Waals surface area contributed by atoms with Crippen LogP contribution in [0.25, 0.3) is 0 Å². The highest BCUT2D eigenvalue weighted by atomic mass is 35.5. The van der Waals surface area contributed by atoms with Crippen LogP contribution in [0.2, 0.25) is 0 Å². The molecule has 0 radical (unpaired) electrons. The molecule has 5 nitrogen and oxygen atoms in total. The number of alkyl halides is 3. The molecule has 10 heteroatoms. The van der Waals surface area contributed by atoms with Crippen molar-refractivity contribution in [3.63, 3.8) is 0 Å². The number of rotatable bonds is 6. The maximum atomic E-state index is 12.8. The van der Waals surface area contributed by atoms with E-state index in [9.17, 15) is 21.6 Å². The van der Waals surface area contributed by atoms with Gasteiger partial charge < -0.3 is 10.1 Å². The Kier molecular flexibility index (Phi) is 7.29. The van der Waals surface area contributed by atoms with Gasteiger partial charge in [-0.2, -0.15) is 13.2 Å². The van der Waals surface area contributed by atoms with Crippen LogP contribution in [-0.4, -0.2) is 40.8 Å². The molecular weight excluding hydrogens is 381 g/mol. The van der Waals surface area contributed by atoms with Gasteiger partial charge in [0.05, 0.1) is 22.6 Å². The third-order valence-electron chi connectivity index (χ3n) is 4.16.